The number of halogens is 1. The van der Waals surface area contributed by atoms with E-state index in [1.165, 1.54) is 24.0 Å². The fourth-order valence-corrected chi connectivity index (χ4v) is 3.29. The summed E-state index contributed by atoms with van der Waals surface area (Å²) in [7, 11) is 0. The molecule has 0 radical (unpaired) electrons. The Morgan fingerprint density at radius 1 is 1.09 bits per heavy atom. The molecule has 5 nitrogen and oxygen atoms in total. The lowest BCUT2D eigenvalue weighted by atomic mass is 9.94. The minimum absolute atomic E-state index is 0.193. The fourth-order valence-electron chi connectivity index (χ4n) is 3.29. The number of aromatic nitrogens is 4. The summed E-state index contributed by atoms with van der Waals surface area (Å²) in [5.41, 5.74) is 2.66. The highest BCUT2D eigenvalue weighted by atomic mass is 19.1. The Morgan fingerprint density at radius 3 is 2.82 bits per heavy atom. The lowest BCUT2D eigenvalue weighted by Gasteiger charge is -2.22. The number of imidazole rings is 1. The van der Waals surface area contributed by atoms with Gasteiger partial charge >= 0.3 is 0 Å². The molecule has 1 aliphatic rings. The van der Waals surface area contributed by atoms with Crippen molar-refractivity contribution in [2.24, 2.45) is 0 Å². The Hall–Kier alpha value is -2.50. The summed E-state index contributed by atoms with van der Waals surface area (Å²) in [5.74, 6) is 0.955. The highest BCUT2D eigenvalue weighted by molar-refractivity contribution is 5.82. The molecule has 2 atom stereocenters. The van der Waals surface area contributed by atoms with E-state index in [-0.39, 0.29) is 11.9 Å². The SMILES string of the molecule is Fc1ccc(C2CCCC2Nc2ncnc3nc[nH]c23)cc1. The Balaban J connectivity index is 1.61. The number of benzene rings is 1. The topological polar surface area (TPSA) is 66.5 Å². The van der Waals surface area contributed by atoms with Crippen LogP contribution in [0.3, 0.4) is 0 Å². The molecule has 0 saturated heterocycles. The number of H-pyrrole nitrogens is 1. The Bertz CT molecular complexity index is 783. The highest BCUT2D eigenvalue weighted by Gasteiger charge is 2.29. The van der Waals surface area contributed by atoms with Gasteiger partial charge in [-0.05, 0) is 30.5 Å². The average molecular weight is 297 g/mol. The first-order valence-corrected chi connectivity index (χ1v) is 7.47. The molecule has 0 aliphatic heterocycles. The quantitative estimate of drug-likeness (QED) is 0.779. The van der Waals surface area contributed by atoms with Gasteiger partial charge in [-0.1, -0.05) is 18.6 Å². The van der Waals surface area contributed by atoms with Gasteiger partial charge in [0.15, 0.2) is 11.5 Å². The van der Waals surface area contributed by atoms with E-state index in [4.69, 9.17) is 0 Å². The van der Waals surface area contributed by atoms with Gasteiger partial charge in [0.2, 0.25) is 0 Å². The predicted octanol–water partition coefficient (Wildman–Crippen LogP) is 3.24. The number of nitrogens with one attached hydrogen (secondary N) is 2. The van der Waals surface area contributed by atoms with Crippen molar-refractivity contribution in [2.75, 3.05) is 5.32 Å². The van der Waals surface area contributed by atoms with Crippen molar-refractivity contribution in [1.29, 1.82) is 0 Å². The summed E-state index contributed by atoms with van der Waals surface area (Å²) < 4.78 is 13.1. The number of aromatic amines is 1. The van der Waals surface area contributed by atoms with Crippen molar-refractivity contribution in [2.45, 2.75) is 31.2 Å². The first kappa shape index (κ1) is 13.2. The molecule has 0 bridgehead atoms. The molecule has 4 rings (SSSR count). The number of rotatable bonds is 3. The van der Waals surface area contributed by atoms with Gasteiger partial charge in [0.25, 0.3) is 0 Å². The predicted molar refractivity (Wildman–Crippen MR) is 82.1 cm³/mol. The van der Waals surface area contributed by atoms with Crippen LogP contribution in [0.4, 0.5) is 10.2 Å². The van der Waals surface area contributed by atoms with Gasteiger partial charge in [0.05, 0.1) is 6.33 Å². The summed E-state index contributed by atoms with van der Waals surface area (Å²) >= 11 is 0. The summed E-state index contributed by atoms with van der Waals surface area (Å²) in [6.45, 7) is 0. The van der Waals surface area contributed by atoms with Crippen LogP contribution in [0.15, 0.2) is 36.9 Å². The zero-order valence-electron chi connectivity index (χ0n) is 12.0. The largest absolute Gasteiger partial charge is 0.365 e. The maximum atomic E-state index is 13.1. The van der Waals surface area contributed by atoms with E-state index in [1.807, 2.05) is 12.1 Å². The average Bonchev–Trinajstić information content (AvgIpc) is 3.17. The minimum atomic E-state index is -0.193. The van der Waals surface area contributed by atoms with E-state index in [1.54, 1.807) is 6.33 Å². The Kier molecular flexibility index (Phi) is 3.21. The van der Waals surface area contributed by atoms with E-state index in [9.17, 15) is 4.39 Å². The molecule has 0 amide bonds. The van der Waals surface area contributed by atoms with Crippen molar-refractivity contribution in [3.05, 3.63) is 48.3 Å². The van der Waals surface area contributed by atoms with Gasteiger partial charge in [-0.2, -0.15) is 0 Å². The van der Waals surface area contributed by atoms with Crippen molar-refractivity contribution >= 4 is 17.0 Å². The molecule has 1 aliphatic carbocycles. The third-order valence-electron chi connectivity index (χ3n) is 4.36. The van der Waals surface area contributed by atoms with E-state index in [0.717, 1.165) is 30.6 Å². The van der Waals surface area contributed by atoms with Crippen LogP contribution in [0.1, 0.15) is 30.7 Å². The monoisotopic (exact) mass is 297 g/mol. The van der Waals surface area contributed by atoms with Crippen molar-refractivity contribution in [3.63, 3.8) is 0 Å². The summed E-state index contributed by atoms with van der Waals surface area (Å²) in [6.07, 6.45) is 6.46. The van der Waals surface area contributed by atoms with Crippen LogP contribution in [0.5, 0.6) is 0 Å². The zero-order chi connectivity index (χ0) is 14.9. The molecule has 2 heterocycles. The fraction of sp³-hybridized carbons (Fsp3) is 0.312. The maximum Gasteiger partial charge on any atom is 0.182 e. The summed E-state index contributed by atoms with van der Waals surface area (Å²) in [4.78, 5) is 15.7. The normalized spacial score (nSPS) is 21.3. The molecule has 6 heteroatoms. The van der Waals surface area contributed by atoms with Gasteiger partial charge in [-0.25, -0.2) is 19.3 Å². The standard InChI is InChI=1S/C16H16FN5/c17-11-6-4-10(5-7-11)12-2-1-3-13(12)22-16-14-15(19-8-18-14)20-9-21-16/h4-9,12-13H,1-3H2,(H2,18,19,20,21,22). The minimum Gasteiger partial charge on any atom is -0.365 e. The highest BCUT2D eigenvalue weighted by Crippen LogP contribution is 2.36. The van der Waals surface area contributed by atoms with Gasteiger partial charge in [-0.15, -0.1) is 0 Å². The Morgan fingerprint density at radius 2 is 1.95 bits per heavy atom. The molecule has 2 unspecified atom stereocenters. The van der Waals surface area contributed by atoms with Crippen LogP contribution < -0.4 is 5.32 Å². The number of hydrogen-bond acceptors (Lipinski definition) is 4. The van der Waals surface area contributed by atoms with Crippen LogP contribution in [0.25, 0.3) is 11.2 Å². The molecule has 0 spiro atoms. The number of fused-ring (bicyclic) bond motifs is 1. The van der Waals surface area contributed by atoms with Gasteiger partial charge in [0, 0.05) is 12.0 Å². The van der Waals surface area contributed by atoms with E-state index < -0.39 is 0 Å². The van der Waals surface area contributed by atoms with E-state index in [0.29, 0.717) is 11.6 Å². The third kappa shape index (κ3) is 2.30. The van der Waals surface area contributed by atoms with E-state index >= 15 is 0 Å². The molecule has 1 aromatic carbocycles. The van der Waals surface area contributed by atoms with Gasteiger partial charge in [-0.3, -0.25) is 0 Å². The molecule has 2 N–H and O–H groups in total. The first-order valence-electron chi connectivity index (χ1n) is 7.47. The lowest BCUT2D eigenvalue weighted by Crippen LogP contribution is -2.23. The molecule has 3 aromatic rings. The molecule has 2 aromatic heterocycles. The smallest absolute Gasteiger partial charge is 0.182 e. The van der Waals surface area contributed by atoms with Crippen molar-refractivity contribution in [1.82, 2.24) is 19.9 Å². The summed E-state index contributed by atoms with van der Waals surface area (Å²) in [6, 6.07) is 7.11. The Labute approximate surface area is 127 Å². The van der Waals surface area contributed by atoms with Gasteiger partial charge < -0.3 is 10.3 Å². The zero-order valence-corrected chi connectivity index (χ0v) is 12.0. The van der Waals surface area contributed by atoms with Crippen LogP contribution in [-0.2, 0) is 0 Å². The van der Waals surface area contributed by atoms with Crippen LogP contribution in [0.2, 0.25) is 0 Å². The first-order chi connectivity index (χ1) is 10.8. The maximum absolute atomic E-state index is 13.1. The van der Waals surface area contributed by atoms with Crippen LogP contribution in [-0.4, -0.2) is 26.0 Å². The lowest BCUT2D eigenvalue weighted by molar-refractivity contribution is 0.618. The van der Waals surface area contributed by atoms with E-state index in [2.05, 4.69) is 25.3 Å². The number of nitrogens with zero attached hydrogens (tertiary/aromatic N) is 3. The molecule has 1 fully saturated rings. The van der Waals surface area contributed by atoms with Gasteiger partial charge in [0.1, 0.15) is 17.7 Å². The summed E-state index contributed by atoms with van der Waals surface area (Å²) in [5, 5.41) is 3.52. The van der Waals surface area contributed by atoms with Crippen molar-refractivity contribution < 1.29 is 4.39 Å². The van der Waals surface area contributed by atoms with Crippen LogP contribution in [0, 0.1) is 5.82 Å². The second-order valence-corrected chi connectivity index (χ2v) is 5.66. The second-order valence-electron chi connectivity index (χ2n) is 5.66. The van der Waals surface area contributed by atoms with Crippen molar-refractivity contribution in [3.8, 4) is 0 Å². The molecular weight excluding hydrogens is 281 g/mol. The number of hydrogen-bond donors (Lipinski definition) is 2. The molecular formula is C16H16FN5. The molecule has 112 valence electrons. The van der Waals surface area contributed by atoms with Crippen LogP contribution >= 0.6 is 0 Å². The molecule has 22 heavy (non-hydrogen) atoms. The number of anilines is 1. The molecule has 1 saturated carbocycles. The third-order valence-corrected chi connectivity index (χ3v) is 4.36. The second kappa shape index (κ2) is 5.36.